The van der Waals surface area contributed by atoms with Crippen molar-refractivity contribution in [2.75, 3.05) is 6.54 Å². The van der Waals surface area contributed by atoms with E-state index in [0.717, 1.165) is 5.76 Å². The van der Waals surface area contributed by atoms with Crippen molar-refractivity contribution in [2.45, 2.75) is 19.8 Å². The monoisotopic (exact) mass is 243 g/mol. The number of rotatable bonds is 4. The Hall–Kier alpha value is -2.03. The van der Waals surface area contributed by atoms with Gasteiger partial charge >= 0.3 is 0 Å². The van der Waals surface area contributed by atoms with Crippen LogP contribution in [0.2, 0.25) is 0 Å². The summed E-state index contributed by atoms with van der Waals surface area (Å²) in [6.07, 6.45) is 0. The lowest BCUT2D eigenvalue weighted by Crippen LogP contribution is -2.27. The lowest BCUT2D eigenvalue weighted by atomic mass is 10.0. The average Bonchev–Trinajstić information content (AvgIpc) is 2.83. The molecule has 1 heterocycles. The molecule has 3 heteroatoms. The fraction of sp³-hybridized carbons (Fsp3) is 0.267. The maximum Gasteiger partial charge on any atom is 0.287 e. The highest BCUT2D eigenvalue weighted by Crippen LogP contribution is 2.13. The molecule has 3 nitrogen and oxygen atoms in total. The van der Waals surface area contributed by atoms with Gasteiger partial charge in [0, 0.05) is 6.54 Å². The van der Waals surface area contributed by atoms with Crippen LogP contribution in [0.15, 0.2) is 46.9 Å². The molecule has 0 aliphatic heterocycles. The Balaban J connectivity index is 1.90. The van der Waals surface area contributed by atoms with E-state index in [4.69, 9.17) is 4.42 Å². The van der Waals surface area contributed by atoms with Crippen LogP contribution in [0.1, 0.15) is 34.7 Å². The van der Waals surface area contributed by atoms with E-state index in [-0.39, 0.29) is 11.8 Å². The van der Waals surface area contributed by atoms with Gasteiger partial charge in [0.2, 0.25) is 0 Å². The molecule has 0 aliphatic carbocycles. The van der Waals surface area contributed by atoms with Crippen LogP contribution in [0.4, 0.5) is 0 Å². The number of furan rings is 1. The summed E-state index contributed by atoms with van der Waals surface area (Å²) in [7, 11) is 0. The van der Waals surface area contributed by atoms with Crippen molar-refractivity contribution in [1.82, 2.24) is 5.32 Å². The number of aryl methyl sites for hydroxylation is 1. The van der Waals surface area contributed by atoms with Crippen molar-refractivity contribution in [2.24, 2.45) is 0 Å². The van der Waals surface area contributed by atoms with Gasteiger partial charge in [0.1, 0.15) is 5.76 Å². The number of carbonyl (C=O) groups is 1. The molecule has 0 saturated heterocycles. The Bertz CT molecular complexity index is 516. The molecule has 94 valence electrons. The second-order valence-electron chi connectivity index (χ2n) is 4.43. The Kier molecular flexibility index (Phi) is 3.82. The van der Waals surface area contributed by atoms with Gasteiger partial charge in [-0.1, -0.05) is 37.3 Å². The maximum absolute atomic E-state index is 11.8. The second kappa shape index (κ2) is 5.54. The smallest absolute Gasteiger partial charge is 0.287 e. The van der Waals surface area contributed by atoms with Crippen LogP contribution in [0.5, 0.6) is 0 Å². The first-order valence-electron chi connectivity index (χ1n) is 6.06. The first-order valence-corrected chi connectivity index (χ1v) is 6.06. The number of nitrogens with one attached hydrogen (secondary N) is 1. The third-order valence-electron chi connectivity index (χ3n) is 2.90. The van der Waals surface area contributed by atoms with E-state index in [1.807, 2.05) is 25.1 Å². The number of benzene rings is 1. The van der Waals surface area contributed by atoms with E-state index < -0.39 is 0 Å². The highest BCUT2D eigenvalue weighted by molar-refractivity contribution is 5.91. The van der Waals surface area contributed by atoms with Crippen molar-refractivity contribution in [3.63, 3.8) is 0 Å². The average molecular weight is 243 g/mol. The van der Waals surface area contributed by atoms with E-state index >= 15 is 0 Å². The summed E-state index contributed by atoms with van der Waals surface area (Å²) in [6, 6.07) is 13.6. The molecule has 1 N–H and O–H groups in total. The number of hydrogen-bond acceptors (Lipinski definition) is 2. The van der Waals surface area contributed by atoms with Crippen LogP contribution in [-0.4, -0.2) is 12.5 Å². The Morgan fingerprint density at radius 2 is 1.94 bits per heavy atom. The molecule has 0 radical (unpaired) electrons. The summed E-state index contributed by atoms with van der Waals surface area (Å²) in [5.74, 6) is 1.24. The number of hydrogen-bond donors (Lipinski definition) is 1. The minimum absolute atomic E-state index is 0.161. The van der Waals surface area contributed by atoms with Crippen molar-refractivity contribution >= 4 is 5.91 Å². The molecule has 2 aromatic rings. The molecule has 1 atom stereocenters. The predicted molar refractivity (Wildman–Crippen MR) is 70.6 cm³/mol. The Labute approximate surface area is 107 Å². The summed E-state index contributed by atoms with van der Waals surface area (Å²) in [4.78, 5) is 11.8. The van der Waals surface area contributed by atoms with Gasteiger partial charge in [0.05, 0.1) is 0 Å². The van der Waals surface area contributed by atoms with Gasteiger partial charge in [-0.3, -0.25) is 4.79 Å². The first-order chi connectivity index (χ1) is 8.66. The summed E-state index contributed by atoms with van der Waals surface area (Å²) < 4.78 is 5.27. The van der Waals surface area contributed by atoms with Crippen LogP contribution < -0.4 is 5.32 Å². The molecule has 0 spiro atoms. The molecule has 0 bridgehead atoms. The molecule has 1 unspecified atom stereocenters. The predicted octanol–water partition coefficient (Wildman–Crippen LogP) is 3.12. The van der Waals surface area contributed by atoms with Crippen molar-refractivity contribution in [3.05, 3.63) is 59.5 Å². The van der Waals surface area contributed by atoms with Gasteiger partial charge in [-0.2, -0.15) is 0 Å². The third kappa shape index (κ3) is 3.00. The van der Waals surface area contributed by atoms with Gasteiger partial charge in [0.15, 0.2) is 5.76 Å². The van der Waals surface area contributed by atoms with Crippen LogP contribution in [0.3, 0.4) is 0 Å². The summed E-state index contributed by atoms with van der Waals surface area (Å²) in [6.45, 7) is 4.51. The number of amides is 1. The molecule has 1 aromatic heterocycles. The van der Waals surface area contributed by atoms with Crippen molar-refractivity contribution < 1.29 is 9.21 Å². The van der Waals surface area contributed by atoms with Crippen LogP contribution in [-0.2, 0) is 0 Å². The van der Waals surface area contributed by atoms with Crippen molar-refractivity contribution in [1.29, 1.82) is 0 Å². The first kappa shape index (κ1) is 12.4. The number of carbonyl (C=O) groups excluding carboxylic acids is 1. The molecule has 0 saturated carbocycles. The minimum atomic E-state index is -0.161. The lowest BCUT2D eigenvalue weighted by molar-refractivity contribution is 0.0922. The van der Waals surface area contributed by atoms with E-state index in [9.17, 15) is 4.79 Å². The van der Waals surface area contributed by atoms with Gasteiger partial charge in [0.25, 0.3) is 5.91 Å². The Morgan fingerprint density at radius 1 is 1.22 bits per heavy atom. The third-order valence-corrected chi connectivity index (χ3v) is 2.90. The zero-order chi connectivity index (χ0) is 13.0. The Morgan fingerprint density at radius 3 is 2.56 bits per heavy atom. The summed E-state index contributed by atoms with van der Waals surface area (Å²) in [5.41, 5.74) is 1.22. The molecule has 0 fully saturated rings. The molecule has 18 heavy (non-hydrogen) atoms. The normalized spacial score (nSPS) is 12.1. The maximum atomic E-state index is 11.8. The van der Waals surface area contributed by atoms with Gasteiger partial charge in [-0.25, -0.2) is 0 Å². The molecular formula is C15H17NO2. The van der Waals surface area contributed by atoms with Gasteiger partial charge in [-0.05, 0) is 30.5 Å². The topological polar surface area (TPSA) is 42.2 Å². The van der Waals surface area contributed by atoms with E-state index in [1.54, 1.807) is 12.1 Å². The molecule has 2 rings (SSSR count). The molecule has 0 aliphatic rings. The van der Waals surface area contributed by atoms with Gasteiger partial charge in [-0.15, -0.1) is 0 Å². The van der Waals surface area contributed by atoms with E-state index in [2.05, 4.69) is 24.4 Å². The van der Waals surface area contributed by atoms with E-state index in [1.165, 1.54) is 5.56 Å². The van der Waals surface area contributed by atoms with Gasteiger partial charge < -0.3 is 9.73 Å². The van der Waals surface area contributed by atoms with Crippen molar-refractivity contribution in [3.8, 4) is 0 Å². The quantitative estimate of drug-likeness (QED) is 0.896. The fourth-order valence-corrected chi connectivity index (χ4v) is 1.79. The lowest BCUT2D eigenvalue weighted by Gasteiger charge is -2.12. The fourth-order valence-electron chi connectivity index (χ4n) is 1.79. The van der Waals surface area contributed by atoms with Crippen LogP contribution in [0.25, 0.3) is 0 Å². The summed E-state index contributed by atoms with van der Waals surface area (Å²) in [5, 5.41) is 2.88. The standard InChI is InChI=1S/C15H17NO2/c1-11(13-6-4-3-5-7-13)10-16-15(17)14-9-8-12(2)18-14/h3-9,11H,10H2,1-2H3,(H,16,17). The van der Waals surface area contributed by atoms with E-state index in [0.29, 0.717) is 12.3 Å². The SMILES string of the molecule is Cc1ccc(C(=O)NCC(C)c2ccccc2)o1. The second-order valence-corrected chi connectivity index (χ2v) is 4.43. The highest BCUT2D eigenvalue weighted by atomic mass is 16.3. The highest BCUT2D eigenvalue weighted by Gasteiger charge is 2.11. The zero-order valence-electron chi connectivity index (χ0n) is 10.6. The van der Waals surface area contributed by atoms with Crippen LogP contribution >= 0.6 is 0 Å². The molecular weight excluding hydrogens is 226 g/mol. The molecule has 1 aromatic carbocycles. The molecule has 1 amide bonds. The minimum Gasteiger partial charge on any atom is -0.456 e. The largest absolute Gasteiger partial charge is 0.456 e. The zero-order valence-corrected chi connectivity index (χ0v) is 10.6. The summed E-state index contributed by atoms with van der Waals surface area (Å²) >= 11 is 0. The van der Waals surface area contributed by atoms with Crippen LogP contribution in [0, 0.1) is 6.92 Å².